The molecule has 0 unspecified atom stereocenters. The topological polar surface area (TPSA) is 50.3 Å². The van der Waals surface area contributed by atoms with Gasteiger partial charge in [0.15, 0.2) is 0 Å². The van der Waals surface area contributed by atoms with Crippen molar-refractivity contribution < 1.29 is 4.74 Å². The minimum Gasteiger partial charge on any atom is -0.494 e. The van der Waals surface area contributed by atoms with Crippen molar-refractivity contribution in [1.82, 2.24) is 20.2 Å². The lowest BCUT2D eigenvalue weighted by atomic mass is 9.68. The number of pyridine rings is 1. The number of hydrogen-bond acceptors (Lipinski definition) is 6. The smallest absolute Gasteiger partial charge is 0.120 e. The molecule has 0 bridgehead atoms. The minimum atomic E-state index is 0.589. The van der Waals surface area contributed by atoms with E-state index >= 15 is 0 Å². The van der Waals surface area contributed by atoms with Crippen molar-refractivity contribution in [2.45, 2.75) is 51.7 Å². The second-order valence-electron chi connectivity index (χ2n) is 8.80. The van der Waals surface area contributed by atoms with Crippen molar-refractivity contribution in [2.24, 2.45) is 5.41 Å². The number of rotatable bonds is 7. The quantitative estimate of drug-likeness (QED) is 0.602. The molecule has 2 aromatic heterocycles. The Morgan fingerprint density at radius 2 is 2.03 bits per heavy atom. The zero-order valence-electron chi connectivity index (χ0n) is 17.6. The van der Waals surface area contributed by atoms with Gasteiger partial charge in [-0.05, 0) is 62.3 Å². The number of ether oxygens (including phenoxy) is 1. The van der Waals surface area contributed by atoms with Gasteiger partial charge in [0, 0.05) is 48.7 Å². The molecule has 3 aromatic rings. The van der Waals surface area contributed by atoms with Gasteiger partial charge < -0.3 is 10.1 Å². The fourth-order valence-corrected chi connectivity index (χ4v) is 5.56. The maximum atomic E-state index is 5.63. The van der Waals surface area contributed by atoms with Gasteiger partial charge >= 0.3 is 0 Å². The van der Waals surface area contributed by atoms with E-state index in [1.54, 1.807) is 11.3 Å². The summed E-state index contributed by atoms with van der Waals surface area (Å²) in [7, 11) is 0. The normalized spacial score (nSPS) is 18.7. The molecule has 2 fully saturated rings. The van der Waals surface area contributed by atoms with Crippen LogP contribution >= 0.6 is 11.3 Å². The Bertz CT molecular complexity index is 976. The maximum Gasteiger partial charge on any atom is 0.120 e. The average Bonchev–Trinajstić information content (AvgIpc) is 3.26. The Morgan fingerprint density at radius 3 is 2.73 bits per heavy atom. The number of hydrogen-bond donors (Lipinski definition) is 1. The molecule has 1 saturated carbocycles. The van der Waals surface area contributed by atoms with Gasteiger partial charge in [-0.3, -0.25) is 14.9 Å². The Labute approximate surface area is 182 Å². The zero-order chi connectivity index (χ0) is 20.4. The summed E-state index contributed by atoms with van der Waals surface area (Å²) in [6, 6.07) is 11.2. The van der Waals surface area contributed by atoms with Gasteiger partial charge in [0.2, 0.25) is 0 Å². The monoisotopic (exact) mass is 422 g/mol. The highest BCUT2D eigenvalue weighted by Gasteiger charge is 2.41. The van der Waals surface area contributed by atoms with Crippen LogP contribution in [0.25, 0.3) is 10.9 Å². The molecule has 1 spiro atoms. The first-order chi connectivity index (χ1) is 14.7. The van der Waals surface area contributed by atoms with Crippen molar-refractivity contribution in [3.63, 3.8) is 0 Å². The van der Waals surface area contributed by atoms with Gasteiger partial charge in [-0.2, -0.15) is 0 Å². The highest BCUT2D eigenvalue weighted by atomic mass is 32.1. The Morgan fingerprint density at radius 1 is 1.17 bits per heavy atom. The van der Waals surface area contributed by atoms with Crippen LogP contribution in [-0.4, -0.2) is 40.6 Å². The van der Waals surface area contributed by atoms with Crippen LogP contribution in [0.2, 0.25) is 0 Å². The van der Waals surface area contributed by atoms with E-state index in [1.165, 1.54) is 43.6 Å². The third kappa shape index (κ3) is 4.22. The first-order valence-corrected chi connectivity index (χ1v) is 12.0. The van der Waals surface area contributed by atoms with Gasteiger partial charge in [-0.15, -0.1) is 11.3 Å². The minimum absolute atomic E-state index is 0.589. The summed E-state index contributed by atoms with van der Waals surface area (Å²) in [5.74, 6) is 0.910. The molecule has 1 aliphatic heterocycles. The summed E-state index contributed by atoms with van der Waals surface area (Å²) in [4.78, 5) is 13.2. The largest absolute Gasteiger partial charge is 0.494 e. The van der Waals surface area contributed by atoms with Gasteiger partial charge in [0.25, 0.3) is 0 Å². The molecule has 3 heterocycles. The number of aromatic nitrogens is 2. The Kier molecular flexibility index (Phi) is 5.72. The molecule has 5 nitrogen and oxygen atoms in total. The van der Waals surface area contributed by atoms with Crippen molar-refractivity contribution in [3.8, 4) is 5.75 Å². The molecule has 30 heavy (non-hydrogen) atoms. The van der Waals surface area contributed by atoms with E-state index in [4.69, 9.17) is 9.72 Å². The van der Waals surface area contributed by atoms with Gasteiger partial charge in [0.1, 0.15) is 5.75 Å². The molecule has 0 radical (unpaired) electrons. The number of nitrogens with one attached hydrogen (secondary N) is 1. The second-order valence-corrected chi connectivity index (χ2v) is 9.77. The van der Waals surface area contributed by atoms with Crippen LogP contribution in [0.3, 0.4) is 0 Å². The third-order valence-electron chi connectivity index (χ3n) is 6.77. The van der Waals surface area contributed by atoms with Gasteiger partial charge in [-0.1, -0.05) is 6.07 Å². The molecular formula is C24H30N4OS. The lowest BCUT2D eigenvalue weighted by molar-refractivity contribution is 0.0435. The molecular weight excluding hydrogens is 392 g/mol. The molecule has 1 saturated heterocycles. The van der Waals surface area contributed by atoms with Crippen molar-refractivity contribution in [2.75, 3.05) is 19.7 Å². The SMILES string of the molecule is CCOc1ccc2nc(CN(Cc3cncs3)C3CCC4(CC3)CNC4)ccc2c1. The molecule has 5 rings (SSSR count). The summed E-state index contributed by atoms with van der Waals surface area (Å²) in [5, 5.41) is 4.62. The summed E-state index contributed by atoms with van der Waals surface area (Å²) in [6.45, 7) is 6.97. The van der Waals surface area contributed by atoms with Crippen molar-refractivity contribution in [1.29, 1.82) is 0 Å². The van der Waals surface area contributed by atoms with Crippen LogP contribution in [0.4, 0.5) is 0 Å². The molecule has 6 heteroatoms. The van der Waals surface area contributed by atoms with Gasteiger partial charge in [0.05, 0.1) is 23.3 Å². The first kappa shape index (κ1) is 19.9. The Hall–Kier alpha value is -2.02. The lowest BCUT2D eigenvalue weighted by Gasteiger charge is -2.49. The predicted molar refractivity (Wildman–Crippen MR) is 122 cm³/mol. The molecule has 0 amide bonds. The van der Waals surface area contributed by atoms with Crippen molar-refractivity contribution in [3.05, 3.63) is 52.6 Å². The molecule has 1 aliphatic carbocycles. The average molecular weight is 423 g/mol. The van der Waals surface area contributed by atoms with Crippen LogP contribution < -0.4 is 10.1 Å². The number of benzene rings is 1. The maximum absolute atomic E-state index is 5.63. The standard InChI is InChI=1S/C24H30N4OS/c1-2-29-21-5-6-23-18(11-21)3-4-19(27-23)13-28(14-22-12-25-17-30-22)20-7-9-24(10-8-20)15-26-16-24/h3-6,11-12,17,20,26H,2,7-10,13-16H2,1H3. The van der Waals surface area contributed by atoms with Crippen LogP contribution in [-0.2, 0) is 13.1 Å². The Balaban J connectivity index is 1.34. The first-order valence-electron chi connectivity index (χ1n) is 11.1. The van der Waals surface area contributed by atoms with E-state index < -0.39 is 0 Å². The van der Waals surface area contributed by atoms with E-state index in [-0.39, 0.29) is 0 Å². The fraction of sp³-hybridized carbons (Fsp3) is 0.500. The van der Waals surface area contributed by atoms with Crippen LogP contribution in [0.5, 0.6) is 5.75 Å². The van der Waals surface area contributed by atoms with E-state index in [0.29, 0.717) is 18.1 Å². The molecule has 1 N–H and O–H groups in total. The number of thiazole rings is 1. The summed E-state index contributed by atoms with van der Waals surface area (Å²) < 4.78 is 5.63. The number of fused-ring (bicyclic) bond motifs is 1. The van der Waals surface area contributed by atoms with E-state index in [9.17, 15) is 0 Å². The molecule has 1 aromatic carbocycles. The predicted octanol–water partition coefficient (Wildman–Crippen LogP) is 4.62. The zero-order valence-corrected chi connectivity index (χ0v) is 18.5. The highest BCUT2D eigenvalue weighted by Crippen LogP contribution is 2.41. The summed E-state index contributed by atoms with van der Waals surface area (Å²) >= 11 is 1.75. The van der Waals surface area contributed by atoms with Crippen molar-refractivity contribution >= 4 is 22.2 Å². The van der Waals surface area contributed by atoms with Gasteiger partial charge in [-0.25, -0.2) is 0 Å². The third-order valence-corrected chi connectivity index (χ3v) is 7.53. The van der Waals surface area contributed by atoms with E-state index in [1.807, 2.05) is 24.7 Å². The second kappa shape index (κ2) is 8.61. The van der Waals surface area contributed by atoms with Crippen LogP contribution in [0.1, 0.15) is 43.2 Å². The fourth-order valence-electron chi connectivity index (χ4n) is 4.95. The highest BCUT2D eigenvalue weighted by molar-refractivity contribution is 7.09. The molecule has 2 aliphatic rings. The van der Waals surface area contributed by atoms with E-state index in [0.717, 1.165) is 35.4 Å². The summed E-state index contributed by atoms with van der Waals surface area (Å²) in [5.41, 5.74) is 4.71. The molecule has 0 atom stereocenters. The number of nitrogens with zero attached hydrogens (tertiary/aromatic N) is 3. The summed E-state index contributed by atoms with van der Waals surface area (Å²) in [6.07, 6.45) is 7.27. The van der Waals surface area contributed by atoms with Crippen LogP contribution in [0, 0.1) is 5.41 Å². The van der Waals surface area contributed by atoms with E-state index in [2.05, 4.69) is 39.5 Å². The van der Waals surface area contributed by atoms with Crippen LogP contribution in [0.15, 0.2) is 42.0 Å². The lowest BCUT2D eigenvalue weighted by Crippen LogP contribution is -2.56. The molecule has 158 valence electrons.